The molecule has 1 unspecified atom stereocenters. The minimum atomic E-state index is -0.0680. The highest BCUT2D eigenvalue weighted by atomic mass is 32.1. The van der Waals surface area contributed by atoms with Crippen LogP contribution in [0.3, 0.4) is 0 Å². The summed E-state index contributed by atoms with van der Waals surface area (Å²) in [5.74, 6) is 1.49. The summed E-state index contributed by atoms with van der Waals surface area (Å²) >= 11 is 1.61. The lowest BCUT2D eigenvalue weighted by atomic mass is 10.2. The van der Waals surface area contributed by atoms with Gasteiger partial charge in [0.25, 0.3) is 0 Å². The number of amides is 1. The van der Waals surface area contributed by atoms with Gasteiger partial charge >= 0.3 is 0 Å². The predicted molar refractivity (Wildman–Crippen MR) is 104 cm³/mol. The highest BCUT2D eigenvalue weighted by molar-refractivity contribution is 7.13. The zero-order valence-electron chi connectivity index (χ0n) is 15.8. The summed E-state index contributed by atoms with van der Waals surface area (Å²) in [4.78, 5) is 22.6. The Balaban J connectivity index is 1.24. The number of carbonyl (C=O) groups excluding carboxylic acids is 1. The standard InChI is InChI=1S/C19H27N5O2S/c1-14(19(25)20-15-5-2-3-6-15)24-10-8-23(9-11-24)13-17-21-18(22-26-17)16-7-4-12-27-16/h4,7,12,14-15H,2-3,5-6,8-11,13H2,1H3,(H,20,25). The summed E-state index contributed by atoms with van der Waals surface area (Å²) in [5.41, 5.74) is 0. The van der Waals surface area contributed by atoms with Crippen LogP contribution in [0.1, 0.15) is 38.5 Å². The Morgan fingerprint density at radius 1 is 1.33 bits per heavy atom. The minimum Gasteiger partial charge on any atom is -0.352 e. The molecule has 1 aliphatic carbocycles. The van der Waals surface area contributed by atoms with Crippen LogP contribution in [0.2, 0.25) is 0 Å². The molecule has 1 atom stereocenters. The number of aromatic nitrogens is 2. The largest absolute Gasteiger partial charge is 0.352 e. The maximum Gasteiger partial charge on any atom is 0.241 e. The zero-order chi connectivity index (χ0) is 18.6. The average Bonchev–Trinajstić information content (AvgIpc) is 3.44. The number of nitrogens with zero attached hydrogens (tertiary/aromatic N) is 4. The van der Waals surface area contributed by atoms with Crippen LogP contribution < -0.4 is 5.32 Å². The molecule has 1 amide bonds. The monoisotopic (exact) mass is 389 g/mol. The van der Waals surface area contributed by atoms with Crippen molar-refractivity contribution in [2.24, 2.45) is 0 Å². The highest BCUT2D eigenvalue weighted by Crippen LogP contribution is 2.22. The molecule has 1 saturated heterocycles. The van der Waals surface area contributed by atoms with Crippen LogP contribution in [-0.2, 0) is 11.3 Å². The first-order valence-electron chi connectivity index (χ1n) is 9.82. The van der Waals surface area contributed by atoms with Crippen molar-refractivity contribution in [1.29, 1.82) is 0 Å². The van der Waals surface area contributed by atoms with Crippen molar-refractivity contribution in [2.75, 3.05) is 26.2 Å². The number of nitrogens with one attached hydrogen (secondary N) is 1. The van der Waals surface area contributed by atoms with Gasteiger partial charge in [-0.2, -0.15) is 4.98 Å². The normalized spacial score (nSPS) is 20.8. The van der Waals surface area contributed by atoms with E-state index < -0.39 is 0 Å². The van der Waals surface area contributed by atoms with E-state index in [0.29, 0.717) is 24.3 Å². The van der Waals surface area contributed by atoms with Crippen LogP contribution in [0.5, 0.6) is 0 Å². The second-order valence-electron chi connectivity index (χ2n) is 7.47. The van der Waals surface area contributed by atoms with Gasteiger partial charge in [0.2, 0.25) is 17.6 Å². The SMILES string of the molecule is CC(C(=O)NC1CCCC1)N1CCN(Cc2nc(-c3cccs3)no2)CC1. The molecule has 1 aliphatic heterocycles. The first-order chi connectivity index (χ1) is 13.2. The Bertz CT molecular complexity index is 733. The van der Waals surface area contributed by atoms with E-state index >= 15 is 0 Å². The first-order valence-corrected chi connectivity index (χ1v) is 10.7. The molecular formula is C19H27N5O2S. The molecule has 2 fully saturated rings. The van der Waals surface area contributed by atoms with Crippen molar-refractivity contribution in [2.45, 2.75) is 51.2 Å². The van der Waals surface area contributed by atoms with Crippen molar-refractivity contribution in [3.63, 3.8) is 0 Å². The van der Waals surface area contributed by atoms with Crippen LogP contribution in [0.4, 0.5) is 0 Å². The van der Waals surface area contributed by atoms with E-state index in [1.165, 1.54) is 12.8 Å². The fourth-order valence-electron chi connectivity index (χ4n) is 3.88. The third-order valence-corrected chi connectivity index (χ3v) is 6.47. The molecule has 146 valence electrons. The van der Waals surface area contributed by atoms with Gasteiger partial charge in [-0.25, -0.2) is 0 Å². The second-order valence-corrected chi connectivity index (χ2v) is 8.41. The fraction of sp³-hybridized carbons (Fsp3) is 0.632. The zero-order valence-corrected chi connectivity index (χ0v) is 16.6. The molecule has 0 spiro atoms. The lowest BCUT2D eigenvalue weighted by molar-refractivity contribution is -0.127. The van der Waals surface area contributed by atoms with Gasteiger partial charge in [0.05, 0.1) is 17.5 Å². The van der Waals surface area contributed by atoms with E-state index in [-0.39, 0.29) is 11.9 Å². The summed E-state index contributed by atoms with van der Waals surface area (Å²) in [6, 6.07) is 4.30. The van der Waals surface area contributed by atoms with Crippen molar-refractivity contribution in [1.82, 2.24) is 25.3 Å². The van der Waals surface area contributed by atoms with Gasteiger partial charge in [0.1, 0.15) is 0 Å². The molecule has 0 bridgehead atoms. The predicted octanol–water partition coefficient (Wildman–Crippen LogP) is 2.36. The maximum atomic E-state index is 12.5. The van der Waals surface area contributed by atoms with Crippen molar-refractivity contribution >= 4 is 17.2 Å². The molecular weight excluding hydrogens is 362 g/mol. The van der Waals surface area contributed by atoms with Crippen molar-refractivity contribution in [3.05, 3.63) is 23.4 Å². The summed E-state index contributed by atoms with van der Waals surface area (Å²) < 4.78 is 5.40. The Labute approximate surface area is 163 Å². The van der Waals surface area contributed by atoms with Crippen LogP contribution in [0, 0.1) is 0 Å². The Morgan fingerprint density at radius 2 is 2.11 bits per heavy atom. The molecule has 1 N–H and O–H groups in total. The number of carbonyl (C=O) groups is 1. The molecule has 7 nitrogen and oxygen atoms in total. The van der Waals surface area contributed by atoms with E-state index in [4.69, 9.17) is 4.52 Å². The summed E-state index contributed by atoms with van der Waals surface area (Å²) in [5, 5.41) is 9.30. The van der Waals surface area contributed by atoms with Gasteiger partial charge in [0.15, 0.2) is 0 Å². The number of piperazine rings is 1. The summed E-state index contributed by atoms with van der Waals surface area (Å²) in [6.45, 7) is 6.24. The molecule has 8 heteroatoms. The highest BCUT2D eigenvalue weighted by Gasteiger charge is 2.28. The molecule has 2 aromatic rings. The smallest absolute Gasteiger partial charge is 0.241 e. The summed E-state index contributed by atoms with van der Waals surface area (Å²) in [7, 11) is 0. The topological polar surface area (TPSA) is 74.5 Å². The van der Waals surface area contributed by atoms with Gasteiger partial charge in [-0.3, -0.25) is 14.6 Å². The van der Waals surface area contributed by atoms with E-state index in [2.05, 4.69) is 25.3 Å². The maximum absolute atomic E-state index is 12.5. The summed E-state index contributed by atoms with van der Waals surface area (Å²) in [6.07, 6.45) is 4.73. The van der Waals surface area contributed by atoms with E-state index in [1.54, 1.807) is 11.3 Å². The molecule has 2 aromatic heterocycles. The quantitative estimate of drug-likeness (QED) is 0.818. The minimum absolute atomic E-state index is 0.0680. The average molecular weight is 390 g/mol. The molecule has 1 saturated carbocycles. The van der Waals surface area contributed by atoms with Crippen LogP contribution in [0.25, 0.3) is 10.7 Å². The molecule has 4 rings (SSSR count). The lowest BCUT2D eigenvalue weighted by Crippen LogP contribution is -2.54. The van der Waals surface area contributed by atoms with E-state index in [0.717, 1.165) is 43.9 Å². The van der Waals surface area contributed by atoms with Crippen LogP contribution >= 0.6 is 11.3 Å². The van der Waals surface area contributed by atoms with Gasteiger partial charge in [0, 0.05) is 32.2 Å². The molecule has 0 radical (unpaired) electrons. The molecule has 0 aromatic carbocycles. The molecule has 27 heavy (non-hydrogen) atoms. The van der Waals surface area contributed by atoms with Crippen LogP contribution in [-0.4, -0.2) is 64.1 Å². The number of hydrogen-bond acceptors (Lipinski definition) is 7. The third kappa shape index (κ3) is 4.56. The van der Waals surface area contributed by atoms with Crippen LogP contribution in [0.15, 0.2) is 22.0 Å². The Morgan fingerprint density at radius 3 is 2.81 bits per heavy atom. The number of hydrogen-bond donors (Lipinski definition) is 1. The third-order valence-electron chi connectivity index (χ3n) is 5.60. The molecule has 3 heterocycles. The lowest BCUT2D eigenvalue weighted by Gasteiger charge is -2.37. The first kappa shape index (κ1) is 18.6. The van der Waals surface area contributed by atoms with Gasteiger partial charge in [-0.1, -0.05) is 24.1 Å². The van der Waals surface area contributed by atoms with Gasteiger partial charge < -0.3 is 9.84 Å². The second kappa shape index (κ2) is 8.50. The Kier molecular flexibility index (Phi) is 5.85. The van der Waals surface area contributed by atoms with Crippen molar-refractivity contribution < 1.29 is 9.32 Å². The van der Waals surface area contributed by atoms with Crippen molar-refractivity contribution in [3.8, 4) is 10.7 Å². The van der Waals surface area contributed by atoms with E-state index in [9.17, 15) is 4.79 Å². The number of thiophene rings is 1. The van der Waals surface area contributed by atoms with Gasteiger partial charge in [-0.05, 0) is 31.2 Å². The van der Waals surface area contributed by atoms with E-state index in [1.807, 2.05) is 24.4 Å². The number of rotatable bonds is 6. The Hall–Kier alpha value is -1.77. The molecule has 2 aliphatic rings. The fourth-order valence-corrected chi connectivity index (χ4v) is 4.53. The van der Waals surface area contributed by atoms with Gasteiger partial charge in [-0.15, -0.1) is 11.3 Å².